The lowest BCUT2D eigenvalue weighted by atomic mass is 10.1. The van der Waals surface area contributed by atoms with Crippen molar-refractivity contribution in [2.24, 2.45) is 0 Å². The van der Waals surface area contributed by atoms with Crippen LogP contribution < -0.4 is 10.1 Å². The van der Waals surface area contributed by atoms with Crippen LogP contribution in [0.2, 0.25) is 0 Å². The summed E-state index contributed by atoms with van der Waals surface area (Å²) in [6.45, 7) is 3.48. The van der Waals surface area contributed by atoms with Crippen LogP contribution in [0.5, 0.6) is 5.75 Å². The number of anilines is 1. The van der Waals surface area contributed by atoms with Gasteiger partial charge in [0.05, 0.1) is 16.2 Å². The second kappa shape index (κ2) is 4.25. The first-order chi connectivity index (χ1) is 8.13. The Morgan fingerprint density at radius 2 is 2.35 bits per heavy atom. The van der Waals surface area contributed by atoms with Gasteiger partial charge in [-0.1, -0.05) is 6.08 Å². The molecule has 0 spiro atoms. The Kier molecular flexibility index (Phi) is 2.78. The molecule has 17 heavy (non-hydrogen) atoms. The van der Waals surface area contributed by atoms with Crippen LogP contribution in [0.25, 0.3) is 0 Å². The number of rotatable bonds is 3. The van der Waals surface area contributed by atoms with Crippen LogP contribution in [0, 0.1) is 10.1 Å². The zero-order valence-corrected chi connectivity index (χ0v) is 8.93. The lowest BCUT2D eigenvalue weighted by Crippen LogP contribution is -2.26. The first-order valence-corrected chi connectivity index (χ1v) is 4.97. The fourth-order valence-corrected chi connectivity index (χ4v) is 1.71. The summed E-state index contributed by atoms with van der Waals surface area (Å²) in [5, 5.41) is 13.5. The Hall–Kier alpha value is -2.37. The SMILES string of the molecule is C=CCc1c([N+](=O)[O-])ccc2c1NC(=O)CO2. The molecule has 1 aromatic carbocycles. The van der Waals surface area contributed by atoms with Gasteiger partial charge in [0.2, 0.25) is 0 Å². The van der Waals surface area contributed by atoms with Crippen molar-refractivity contribution in [3.05, 3.63) is 40.5 Å². The predicted octanol–water partition coefficient (Wildman–Crippen LogP) is 1.65. The van der Waals surface area contributed by atoms with Crippen LogP contribution in [0.15, 0.2) is 24.8 Å². The highest BCUT2D eigenvalue weighted by molar-refractivity contribution is 5.97. The zero-order chi connectivity index (χ0) is 12.4. The van der Waals surface area contributed by atoms with Gasteiger partial charge in [-0.2, -0.15) is 0 Å². The smallest absolute Gasteiger partial charge is 0.275 e. The predicted molar refractivity (Wildman–Crippen MR) is 61.1 cm³/mol. The van der Waals surface area contributed by atoms with Gasteiger partial charge in [0, 0.05) is 6.07 Å². The van der Waals surface area contributed by atoms with Crippen LogP contribution in [0.1, 0.15) is 5.56 Å². The highest BCUT2D eigenvalue weighted by atomic mass is 16.6. The van der Waals surface area contributed by atoms with Crippen molar-refractivity contribution in [2.75, 3.05) is 11.9 Å². The maximum Gasteiger partial charge on any atom is 0.275 e. The van der Waals surface area contributed by atoms with E-state index in [9.17, 15) is 14.9 Å². The average Bonchev–Trinajstić information content (AvgIpc) is 2.29. The molecule has 0 aromatic heterocycles. The third kappa shape index (κ3) is 1.96. The van der Waals surface area contributed by atoms with Gasteiger partial charge in [0.15, 0.2) is 6.61 Å². The fraction of sp³-hybridized carbons (Fsp3) is 0.182. The van der Waals surface area contributed by atoms with Crippen LogP contribution in [-0.2, 0) is 11.2 Å². The number of carbonyl (C=O) groups is 1. The van der Waals surface area contributed by atoms with Crippen LogP contribution in [0.4, 0.5) is 11.4 Å². The topological polar surface area (TPSA) is 81.5 Å². The number of amides is 1. The molecule has 0 fully saturated rings. The van der Waals surface area contributed by atoms with Crippen LogP contribution in [0.3, 0.4) is 0 Å². The van der Waals surface area contributed by atoms with E-state index in [1.54, 1.807) is 6.08 Å². The molecule has 0 radical (unpaired) electrons. The minimum atomic E-state index is -0.486. The lowest BCUT2D eigenvalue weighted by Gasteiger charge is -2.20. The summed E-state index contributed by atoms with van der Waals surface area (Å²) < 4.78 is 5.19. The van der Waals surface area contributed by atoms with Crippen LogP contribution in [-0.4, -0.2) is 17.4 Å². The molecular weight excluding hydrogens is 224 g/mol. The van der Waals surface area contributed by atoms with Crippen molar-refractivity contribution in [2.45, 2.75) is 6.42 Å². The molecule has 0 aliphatic carbocycles. The van der Waals surface area contributed by atoms with E-state index in [0.29, 0.717) is 23.4 Å². The van der Waals surface area contributed by atoms with E-state index < -0.39 is 4.92 Å². The summed E-state index contributed by atoms with van der Waals surface area (Å²) in [6, 6.07) is 2.86. The Labute approximate surface area is 97.0 Å². The molecule has 1 N–H and O–H groups in total. The van der Waals surface area contributed by atoms with Crippen molar-refractivity contribution >= 4 is 17.3 Å². The Morgan fingerprint density at radius 1 is 1.59 bits per heavy atom. The molecule has 1 aromatic rings. The number of benzene rings is 1. The number of nitro groups is 1. The van der Waals surface area contributed by atoms with E-state index in [1.807, 2.05) is 0 Å². The minimum Gasteiger partial charge on any atom is -0.482 e. The molecule has 0 saturated heterocycles. The number of allylic oxidation sites excluding steroid dienone is 1. The number of nitrogens with one attached hydrogen (secondary N) is 1. The first kappa shape index (κ1) is 11.1. The summed E-state index contributed by atoms with van der Waals surface area (Å²) in [5.41, 5.74) is 0.736. The van der Waals surface area contributed by atoms with Gasteiger partial charge in [0.25, 0.3) is 11.6 Å². The van der Waals surface area contributed by atoms with E-state index >= 15 is 0 Å². The van der Waals surface area contributed by atoms with Crippen molar-refractivity contribution in [1.29, 1.82) is 0 Å². The molecule has 1 aliphatic rings. The van der Waals surface area contributed by atoms with Gasteiger partial charge in [-0.05, 0) is 12.5 Å². The molecule has 0 unspecified atom stereocenters. The first-order valence-electron chi connectivity index (χ1n) is 4.97. The minimum absolute atomic E-state index is 0.0468. The number of carbonyl (C=O) groups excluding carboxylic acids is 1. The Balaban J connectivity index is 2.59. The Bertz CT molecular complexity index is 510. The number of ether oxygens (including phenoxy) is 1. The van der Waals surface area contributed by atoms with E-state index in [2.05, 4.69) is 11.9 Å². The highest BCUT2D eigenvalue weighted by Gasteiger charge is 2.25. The second-order valence-electron chi connectivity index (χ2n) is 3.52. The number of hydrogen-bond donors (Lipinski definition) is 1. The highest BCUT2D eigenvalue weighted by Crippen LogP contribution is 2.37. The third-order valence-corrected chi connectivity index (χ3v) is 2.42. The van der Waals surface area contributed by atoms with E-state index in [1.165, 1.54) is 12.1 Å². The van der Waals surface area contributed by atoms with Gasteiger partial charge in [-0.3, -0.25) is 14.9 Å². The maximum absolute atomic E-state index is 11.2. The maximum atomic E-state index is 11.2. The fourth-order valence-electron chi connectivity index (χ4n) is 1.71. The van der Waals surface area contributed by atoms with Crippen molar-refractivity contribution in [1.82, 2.24) is 0 Å². The number of nitro benzene ring substituents is 1. The summed E-state index contributed by atoms with van der Waals surface area (Å²) >= 11 is 0. The molecule has 1 heterocycles. The monoisotopic (exact) mass is 234 g/mol. The van der Waals surface area contributed by atoms with Crippen molar-refractivity contribution in [3.8, 4) is 5.75 Å². The summed E-state index contributed by atoms with van der Waals surface area (Å²) in [7, 11) is 0. The average molecular weight is 234 g/mol. The van der Waals surface area contributed by atoms with E-state index in [0.717, 1.165) is 0 Å². The lowest BCUT2D eigenvalue weighted by molar-refractivity contribution is -0.385. The zero-order valence-electron chi connectivity index (χ0n) is 8.93. The molecule has 2 rings (SSSR count). The molecule has 0 saturated carbocycles. The van der Waals surface area contributed by atoms with Gasteiger partial charge in [-0.15, -0.1) is 6.58 Å². The molecule has 1 aliphatic heterocycles. The van der Waals surface area contributed by atoms with Gasteiger partial charge >= 0.3 is 0 Å². The van der Waals surface area contributed by atoms with E-state index in [-0.39, 0.29) is 18.2 Å². The third-order valence-electron chi connectivity index (χ3n) is 2.42. The molecular formula is C11H10N2O4. The molecule has 0 atom stereocenters. The van der Waals surface area contributed by atoms with Gasteiger partial charge in [0.1, 0.15) is 5.75 Å². The summed E-state index contributed by atoms with van der Waals surface area (Å²) in [4.78, 5) is 21.6. The van der Waals surface area contributed by atoms with Crippen LogP contribution >= 0.6 is 0 Å². The number of fused-ring (bicyclic) bond motifs is 1. The summed E-state index contributed by atoms with van der Waals surface area (Å²) in [6.07, 6.45) is 1.84. The standard InChI is InChI=1S/C11H10N2O4/c1-2-3-7-8(13(15)16)4-5-9-11(7)12-10(14)6-17-9/h2,4-5H,1,3,6H2,(H,12,14). The normalized spacial score (nSPS) is 13.3. The molecule has 0 bridgehead atoms. The molecule has 1 amide bonds. The van der Waals surface area contributed by atoms with Gasteiger partial charge in [-0.25, -0.2) is 0 Å². The van der Waals surface area contributed by atoms with E-state index in [4.69, 9.17) is 4.74 Å². The molecule has 6 nitrogen and oxygen atoms in total. The summed E-state index contributed by atoms with van der Waals surface area (Å²) in [5.74, 6) is 0.135. The second-order valence-corrected chi connectivity index (χ2v) is 3.52. The van der Waals surface area contributed by atoms with Crippen molar-refractivity contribution < 1.29 is 14.5 Å². The number of hydrogen-bond acceptors (Lipinski definition) is 4. The van der Waals surface area contributed by atoms with Gasteiger partial charge < -0.3 is 10.1 Å². The van der Waals surface area contributed by atoms with Crippen molar-refractivity contribution in [3.63, 3.8) is 0 Å². The quantitative estimate of drug-likeness (QED) is 0.489. The molecule has 88 valence electrons. The Morgan fingerprint density at radius 3 is 3.00 bits per heavy atom. The largest absolute Gasteiger partial charge is 0.482 e. The molecule has 6 heteroatoms. The number of nitrogens with zero attached hydrogens (tertiary/aromatic N) is 1.